The topological polar surface area (TPSA) is 96.7 Å². The summed E-state index contributed by atoms with van der Waals surface area (Å²) in [5.41, 5.74) is 7.67. The number of aryl methyl sites for hydroxylation is 1. The number of pyridine rings is 1. The Morgan fingerprint density at radius 1 is 1.21 bits per heavy atom. The number of rotatable bonds is 4. The molecule has 3 aromatic rings. The number of esters is 1. The molecule has 148 valence electrons. The largest absolute Gasteiger partial charge is 0.467 e. The number of hydrogen-bond donors (Lipinski definition) is 1. The van der Waals surface area contributed by atoms with Gasteiger partial charge in [0.15, 0.2) is 0 Å². The Balaban J connectivity index is 1.95. The molecule has 3 heterocycles. The van der Waals surface area contributed by atoms with Crippen molar-refractivity contribution >= 4 is 5.97 Å². The van der Waals surface area contributed by atoms with E-state index in [4.69, 9.17) is 19.6 Å². The molecule has 1 atom stereocenters. The standard InChI is InChI=1S/C22H20N2O5/c1-13-11-16-18(21(25)24(13)12-15-9-6-10-28-15)17(14-7-4-3-5-8-14)19(20(23)29-16)22(26)27-2/h3-11,17H,12,23H2,1-2H3/t17-/m1/s1. The quantitative estimate of drug-likeness (QED) is 0.686. The fraction of sp³-hybridized carbons (Fsp3) is 0.182. The molecule has 2 N–H and O–H groups in total. The van der Waals surface area contributed by atoms with Crippen molar-refractivity contribution in [2.45, 2.75) is 19.4 Å². The van der Waals surface area contributed by atoms with E-state index in [-0.39, 0.29) is 23.6 Å². The van der Waals surface area contributed by atoms with Gasteiger partial charge in [0, 0.05) is 11.8 Å². The highest BCUT2D eigenvalue weighted by Crippen LogP contribution is 2.41. The SMILES string of the molecule is COC(=O)C1=C(N)Oc2cc(C)n(Cc3ccco3)c(=O)c2[C@H]1c1ccccc1. The van der Waals surface area contributed by atoms with Gasteiger partial charge in [-0.3, -0.25) is 4.79 Å². The van der Waals surface area contributed by atoms with Crippen LogP contribution in [0.4, 0.5) is 0 Å². The Hall–Kier alpha value is -3.74. The van der Waals surface area contributed by atoms with E-state index in [2.05, 4.69) is 0 Å². The fourth-order valence-corrected chi connectivity index (χ4v) is 3.63. The summed E-state index contributed by atoms with van der Waals surface area (Å²) >= 11 is 0. The maximum atomic E-state index is 13.5. The second-order valence-corrected chi connectivity index (χ2v) is 6.75. The first-order valence-electron chi connectivity index (χ1n) is 9.08. The fourth-order valence-electron chi connectivity index (χ4n) is 3.63. The van der Waals surface area contributed by atoms with Gasteiger partial charge in [0.25, 0.3) is 5.56 Å². The van der Waals surface area contributed by atoms with Gasteiger partial charge in [0.1, 0.15) is 17.1 Å². The van der Waals surface area contributed by atoms with Crippen LogP contribution in [0.2, 0.25) is 0 Å². The Morgan fingerprint density at radius 2 is 1.97 bits per heavy atom. The molecule has 0 fully saturated rings. The minimum Gasteiger partial charge on any atom is -0.467 e. The predicted octanol–water partition coefficient (Wildman–Crippen LogP) is 2.67. The number of carbonyl (C=O) groups is 1. The van der Waals surface area contributed by atoms with E-state index in [1.54, 1.807) is 36.0 Å². The van der Waals surface area contributed by atoms with Gasteiger partial charge < -0.3 is 24.2 Å². The van der Waals surface area contributed by atoms with Crippen LogP contribution >= 0.6 is 0 Å². The molecule has 1 aliphatic heterocycles. The smallest absolute Gasteiger partial charge is 0.340 e. The molecule has 0 spiro atoms. The highest BCUT2D eigenvalue weighted by atomic mass is 16.5. The number of methoxy groups -OCH3 is 1. The molecule has 4 rings (SSSR count). The third-order valence-corrected chi connectivity index (χ3v) is 5.00. The van der Waals surface area contributed by atoms with Crippen molar-refractivity contribution in [3.8, 4) is 5.75 Å². The number of ether oxygens (including phenoxy) is 2. The van der Waals surface area contributed by atoms with Crippen LogP contribution in [0.15, 0.2) is 75.5 Å². The summed E-state index contributed by atoms with van der Waals surface area (Å²) in [7, 11) is 1.27. The van der Waals surface area contributed by atoms with E-state index < -0.39 is 11.9 Å². The Labute approximate surface area is 167 Å². The molecule has 0 saturated heterocycles. The lowest BCUT2D eigenvalue weighted by Gasteiger charge is -2.28. The molecule has 0 aliphatic carbocycles. The zero-order valence-corrected chi connectivity index (χ0v) is 16.0. The van der Waals surface area contributed by atoms with E-state index in [0.29, 0.717) is 22.8 Å². The lowest BCUT2D eigenvalue weighted by molar-refractivity contribution is -0.136. The van der Waals surface area contributed by atoms with Crippen LogP contribution in [-0.4, -0.2) is 17.6 Å². The predicted molar refractivity (Wildman–Crippen MR) is 105 cm³/mol. The molecule has 7 nitrogen and oxygen atoms in total. The number of carbonyl (C=O) groups excluding carboxylic acids is 1. The van der Waals surface area contributed by atoms with Gasteiger partial charge in [-0.1, -0.05) is 30.3 Å². The Bertz CT molecular complexity index is 1140. The van der Waals surface area contributed by atoms with Crippen LogP contribution in [0.3, 0.4) is 0 Å². The van der Waals surface area contributed by atoms with Crippen molar-refractivity contribution in [1.29, 1.82) is 0 Å². The molecule has 0 amide bonds. The first kappa shape index (κ1) is 18.6. The molecule has 0 bridgehead atoms. The summed E-state index contributed by atoms with van der Waals surface area (Å²) in [6.45, 7) is 2.07. The molecule has 1 aromatic carbocycles. The molecule has 1 aliphatic rings. The van der Waals surface area contributed by atoms with Crippen molar-refractivity contribution in [3.05, 3.63) is 99.2 Å². The summed E-state index contributed by atoms with van der Waals surface area (Å²) in [6, 6.07) is 14.5. The maximum absolute atomic E-state index is 13.5. The van der Waals surface area contributed by atoms with E-state index in [0.717, 1.165) is 5.56 Å². The minimum atomic E-state index is -0.705. The van der Waals surface area contributed by atoms with Crippen molar-refractivity contribution < 1.29 is 18.7 Å². The molecule has 29 heavy (non-hydrogen) atoms. The average molecular weight is 392 g/mol. The third-order valence-electron chi connectivity index (χ3n) is 5.00. The summed E-state index contributed by atoms with van der Waals surface area (Å²) < 4.78 is 17.6. The van der Waals surface area contributed by atoms with Crippen LogP contribution in [0, 0.1) is 6.92 Å². The van der Waals surface area contributed by atoms with Crippen LogP contribution in [0.1, 0.15) is 28.5 Å². The van der Waals surface area contributed by atoms with Crippen molar-refractivity contribution in [3.63, 3.8) is 0 Å². The molecule has 0 radical (unpaired) electrons. The molecule has 0 unspecified atom stereocenters. The van der Waals surface area contributed by atoms with Crippen LogP contribution in [0.25, 0.3) is 0 Å². The van der Waals surface area contributed by atoms with Gasteiger partial charge in [-0.25, -0.2) is 4.79 Å². The van der Waals surface area contributed by atoms with Crippen molar-refractivity contribution in [1.82, 2.24) is 4.57 Å². The van der Waals surface area contributed by atoms with E-state index in [9.17, 15) is 9.59 Å². The molecular weight excluding hydrogens is 372 g/mol. The minimum absolute atomic E-state index is 0.0687. The average Bonchev–Trinajstić information content (AvgIpc) is 3.23. The Morgan fingerprint density at radius 3 is 2.62 bits per heavy atom. The highest BCUT2D eigenvalue weighted by molar-refractivity contribution is 5.92. The van der Waals surface area contributed by atoms with Gasteiger partial charge >= 0.3 is 5.97 Å². The molecule has 7 heteroatoms. The first-order chi connectivity index (χ1) is 14.0. The number of fused-ring (bicyclic) bond motifs is 1. The van der Waals surface area contributed by atoms with Gasteiger partial charge in [0.2, 0.25) is 5.88 Å². The zero-order chi connectivity index (χ0) is 20.5. The number of nitrogens with zero attached hydrogens (tertiary/aromatic N) is 1. The van der Waals surface area contributed by atoms with Crippen LogP contribution in [-0.2, 0) is 16.1 Å². The highest BCUT2D eigenvalue weighted by Gasteiger charge is 2.38. The number of furan rings is 1. The number of nitrogens with two attached hydrogens (primary N) is 1. The number of benzene rings is 1. The monoisotopic (exact) mass is 392 g/mol. The summed E-state index contributed by atoms with van der Waals surface area (Å²) in [5.74, 6) is -0.433. The van der Waals surface area contributed by atoms with Gasteiger partial charge in [-0.05, 0) is 24.6 Å². The summed E-state index contributed by atoms with van der Waals surface area (Å²) in [5, 5.41) is 0. The van der Waals surface area contributed by atoms with Crippen LogP contribution < -0.4 is 16.0 Å². The van der Waals surface area contributed by atoms with Crippen molar-refractivity contribution in [2.24, 2.45) is 5.73 Å². The third kappa shape index (κ3) is 3.20. The van der Waals surface area contributed by atoms with Crippen LogP contribution in [0.5, 0.6) is 5.75 Å². The van der Waals surface area contributed by atoms with E-state index >= 15 is 0 Å². The number of aromatic nitrogens is 1. The van der Waals surface area contributed by atoms with Gasteiger partial charge in [-0.2, -0.15) is 0 Å². The van der Waals surface area contributed by atoms with Gasteiger partial charge in [0.05, 0.1) is 31.4 Å². The second-order valence-electron chi connectivity index (χ2n) is 6.75. The van der Waals surface area contributed by atoms with E-state index in [1.165, 1.54) is 7.11 Å². The van der Waals surface area contributed by atoms with Crippen molar-refractivity contribution in [2.75, 3.05) is 7.11 Å². The second kappa shape index (κ2) is 7.35. The summed E-state index contributed by atoms with van der Waals surface area (Å²) in [6.07, 6.45) is 1.56. The normalized spacial score (nSPS) is 15.6. The Kier molecular flexibility index (Phi) is 4.72. The molecule has 2 aromatic heterocycles. The lowest BCUT2D eigenvalue weighted by Crippen LogP contribution is -2.35. The molecular formula is C22H20N2O5. The maximum Gasteiger partial charge on any atom is 0.340 e. The lowest BCUT2D eigenvalue weighted by atomic mass is 9.83. The summed E-state index contributed by atoms with van der Waals surface area (Å²) in [4.78, 5) is 26.1. The van der Waals surface area contributed by atoms with E-state index in [1.807, 2.05) is 30.3 Å². The molecule has 0 saturated carbocycles. The number of hydrogen-bond acceptors (Lipinski definition) is 6. The first-order valence-corrected chi connectivity index (χ1v) is 9.08. The van der Waals surface area contributed by atoms with Gasteiger partial charge in [-0.15, -0.1) is 0 Å². The zero-order valence-electron chi connectivity index (χ0n) is 16.0.